The predicted octanol–water partition coefficient (Wildman–Crippen LogP) is 4.79. The van der Waals surface area contributed by atoms with Crippen molar-refractivity contribution in [2.24, 2.45) is 4.99 Å². The van der Waals surface area contributed by atoms with Gasteiger partial charge < -0.3 is 5.32 Å². The molecule has 3 rings (SSSR count). The van der Waals surface area contributed by atoms with Crippen LogP contribution >= 0.6 is 11.6 Å². The molecule has 0 spiro atoms. The third-order valence-corrected chi connectivity index (χ3v) is 3.68. The maximum Gasteiger partial charge on any atom is 0.416 e. The predicted molar refractivity (Wildman–Crippen MR) is 84.5 cm³/mol. The van der Waals surface area contributed by atoms with E-state index in [1.165, 1.54) is 0 Å². The highest BCUT2D eigenvalue weighted by atomic mass is 35.5. The lowest BCUT2D eigenvalue weighted by Gasteiger charge is -2.09. The maximum atomic E-state index is 12.7. The molecule has 1 aliphatic heterocycles. The van der Waals surface area contributed by atoms with Crippen LogP contribution in [0.25, 0.3) is 6.08 Å². The minimum Gasteiger partial charge on any atom is -0.325 e. The summed E-state index contributed by atoms with van der Waals surface area (Å²) in [4.78, 5) is 8.22. The van der Waals surface area contributed by atoms with Gasteiger partial charge in [0.15, 0.2) is 0 Å². The zero-order valence-electron chi connectivity index (χ0n) is 11.7. The quantitative estimate of drug-likeness (QED) is 0.812. The Morgan fingerprint density at radius 3 is 2.74 bits per heavy atom. The Morgan fingerprint density at radius 2 is 1.96 bits per heavy atom. The third kappa shape index (κ3) is 3.53. The van der Waals surface area contributed by atoms with E-state index < -0.39 is 11.7 Å². The summed E-state index contributed by atoms with van der Waals surface area (Å²) in [6, 6.07) is 7.38. The lowest BCUT2D eigenvalue weighted by Crippen LogP contribution is -2.12. The smallest absolute Gasteiger partial charge is 0.325 e. The standard InChI is InChI=1S/C16H11ClF3N3/c17-13-3-1-2-10-4-5-14(22-9-12(10)13)23-15-8-11(6-7-21-15)16(18,19)20/h1-8H,9H2,(H,21,22,23). The Bertz CT molecular complexity index is 797. The number of fused-ring (bicyclic) bond motifs is 1. The lowest BCUT2D eigenvalue weighted by atomic mass is 10.1. The van der Waals surface area contributed by atoms with Crippen LogP contribution < -0.4 is 5.32 Å². The molecule has 7 heteroatoms. The van der Waals surface area contributed by atoms with Gasteiger partial charge in [0.1, 0.15) is 11.7 Å². The van der Waals surface area contributed by atoms with E-state index in [-0.39, 0.29) is 5.82 Å². The normalized spacial score (nSPS) is 14.0. The molecule has 0 saturated carbocycles. The van der Waals surface area contributed by atoms with E-state index in [9.17, 15) is 13.2 Å². The third-order valence-electron chi connectivity index (χ3n) is 3.33. The molecule has 23 heavy (non-hydrogen) atoms. The highest BCUT2D eigenvalue weighted by molar-refractivity contribution is 6.31. The number of amidine groups is 1. The first-order valence-electron chi connectivity index (χ1n) is 6.74. The number of aliphatic imine (C=N–C) groups is 1. The number of anilines is 1. The van der Waals surface area contributed by atoms with Crippen molar-refractivity contribution in [1.82, 2.24) is 4.98 Å². The highest BCUT2D eigenvalue weighted by Gasteiger charge is 2.30. The van der Waals surface area contributed by atoms with Gasteiger partial charge in [-0.05, 0) is 35.4 Å². The molecule has 0 saturated heterocycles. The Morgan fingerprint density at radius 1 is 1.13 bits per heavy atom. The summed E-state index contributed by atoms with van der Waals surface area (Å²) < 4.78 is 38.2. The van der Waals surface area contributed by atoms with E-state index in [0.29, 0.717) is 17.4 Å². The Balaban J connectivity index is 1.84. The average molecular weight is 338 g/mol. The van der Waals surface area contributed by atoms with Gasteiger partial charge in [-0.15, -0.1) is 0 Å². The van der Waals surface area contributed by atoms with Crippen molar-refractivity contribution in [1.29, 1.82) is 0 Å². The molecule has 0 radical (unpaired) electrons. The first kappa shape index (κ1) is 15.6. The van der Waals surface area contributed by atoms with Crippen LogP contribution in [0.4, 0.5) is 19.0 Å². The Kier molecular flexibility index (Phi) is 4.09. The molecule has 0 aliphatic carbocycles. The summed E-state index contributed by atoms with van der Waals surface area (Å²) in [5.74, 6) is 0.504. The molecule has 1 aromatic carbocycles. The summed E-state index contributed by atoms with van der Waals surface area (Å²) in [5.41, 5.74) is 1.04. The van der Waals surface area contributed by atoms with Crippen LogP contribution in [0.5, 0.6) is 0 Å². The molecule has 2 aromatic rings. The van der Waals surface area contributed by atoms with Crippen LogP contribution in [0, 0.1) is 0 Å². The van der Waals surface area contributed by atoms with Crippen LogP contribution in [0.1, 0.15) is 16.7 Å². The molecule has 0 bridgehead atoms. The van der Waals surface area contributed by atoms with Crippen LogP contribution in [0.2, 0.25) is 5.02 Å². The van der Waals surface area contributed by atoms with Gasteiger partial charge in [0.05, 0.1) is 12.1 Å². The van der Waals surface area contributed by atoms with Gasteiger partial charge in [-0.1, -0.05) is 29.8 Å². The van der Waals surface area contributed by atoms with E-state index in [0.717, 1.165) is 29.5 Å². The van der Waals surface area contributed by atoms with Gasteiger partial charge in [0, 0.05) is 11.2 Å². The molecule has 3 nitrogen and oxygen atoms in total. The average Bonchev–Trinajstić information content (AvgIpc) is 2.71. The van der Waals surface area contributed by atoms with Gasteiger partial charge in [0.2, 0.25) is 0 Å². The van der Waals surface area contributed by atoms with Crippen molar-refractivity contribution in [3.05, 3.63) is 64.3 Å². The molecule has 0 fully saturated rings. The molecule has 2 heterocycles. The fraction of sp³-hybridized carbons (Fsp3) is 0.125. The van der Waals surface area contributed by atoms with E-state index in [2.05, 4.69) is 15.3 Å². The van der Waals surface area contributed by atoms with Crippen molar-refractivity contribution >= 4 is 29.3 Å². The lowest BCUT2D eigenvalue weighted by molar-refractivity contribution is -0.137. The van der Waals surface area contributed by atoms with Gasteiger partial charge in [0.25, 0.3) is 0 Å². The number of halogens is 4. The number of hydrogen-bond acceptors (Lipinski definition) is 3. The monoisotopic (exact) mass is 337 g/mol. The van der Waals surface area contributed by atoms with Crippen molar-refractivity contribution in [2.45, 2.75) is 12.7 Å². The van der Waals surface area contributed by atoms with Gasteiger partial charge in [-0.25, -0.2) is 4.98 Å². The Labute approximate surface area is 135 Å². The molecular weight excluding hydrogens is 327 g/mol. The zero-order valence-corrected chi connectivity index (χ0v) is 12.5. The highest BCUT2D eigenvalue weighted by Crippen LogP contribution is 2.30. The minimum absolute atomic E-state index is 0.0836. The van der Waals surface area contributed by atoms with Crippen LogP contribution in [-0.4, -0.2) is 10.8 Å². The fourth-order valence-corrected chi connectivity index (χ4v) is 2.41. The molecule has 0 atom stereocenters. The van der Waals surface area contributed by atoms with Crippen molar-refractivity contribution in [3.8, 4) is 0 Å². The van der Waals surface area contributed by atoms with Gasteiger partial charge >= 0.3 is 6.18 Å². The number of pyridine rings is 1. The summed E-state index contributed by atoms with van der Waals surface area (Å²) in [7, 11) is 0. The molecular formula is C16H11ClF3N3. The molecule has 1 aliphatic rings. The van der Waals surface area contributed by atoms with Crippen LogP contribution in [0.3, 0.4) is 0 Å². The second kappa shape index (κ2) is 6.04. The number of benzene rings is 1. The fourth-order valence-electron chi connectivity index (χ4n) is 2.17. The summed E-state index contributed by atoms with van der Waals surface area (Å²) in [6.07, 6.45) is 0.194. The molecule has 0 unspecified atom stereocenters. The molecule has 118 valence electrons. The molecule has 1 N–H and O–H groups in total. The number of nitrogens with one attached hydrogen (secondary N) is 1. The number of nitrogens with zero attached hydrogens (tertiary/aromatic N) is 2. The van der Waals surface area contributed by atoms with Crippen molar-refractivity contribution in [2.75, 3.05) is 5.32 Å². The zero-order chi connectivity index (χ0) is 16.4. The number of hydrogen-bond donors (Lipinski definition) is 1. The van der Waals surface area contributed by atoms with Crippen LogP contribution in [-0.2, 0) is 12.7 Å². The molecule has 0 amide bonds. The second-order valence-electron chi connectivity index (χ2n) is 4.89. The SMILES string of the molecule is FC(F)(F)c1ccnc(NC2=NCc3c(Cl)cccc3C=C2)c1. The first-order chi connectivity index (χ1) is 10.9. The first-order valence-corrected chi connectivity index (χ1v) is 7.11. The summed E-state index contributed by atoms with van der Waals surface area (Å²) in [6.45, 7) is 0.337. The number of rotatable bonds is 1. The van der Waals surface area contributed by atoms with Crippen LogP contribution in [0.15, 0.2) is 47.6 Å². The van der Waals surface area contributed by atoms with E-state index in [1.54, 1.807) is 12.1 Å². The van der Waals surface area contributed by atoms with Gasteiger partial charge in [-0.3, -0.25) is 4.99 Å². The topological polar surface area (TPSA) is 37.3 Å². The van der Waals surface area contributed by atoms with E-state index >= 15 is 0 Å². The van der Waals surface area contributed by atoms with Crippen molar-refractivity contribution < 1.29 is 13.2 Å². The van der Waals surface area contributed by atoms with Crippen molar-refractivity contribution in [3.63, 3.8) is 0 Å². The Hall–Kier alpha value is -2.34. The summed E-state index contributed by atoms with van der Waals surface area (Å²) >= 11 is 6.13. The number of alkyl halides is 3. The molecule has 1 aromatic heterocycles. The van der Waals surface area contributed by atoms with E-state index in [1.807, 2.05) is 18.2 Å². The minimum atomic E-state index is -4.41. The van der Waals surface area contributed by atoms with Gasteiger partial charge in [-0.2, -0.15) is 13.2 Å². The second-order valence-corrected chi connectivity index (χ2v) is 5.30. The maximum absolute atomic E-state index is 12.7. The summed E-state index contributed by atoms with van der Waals surface area (Å²) in [5, 5.41) is 3.40. The number of aromatic nitrogens is 1. The van der Waals surface area contributed by atoms with E-state index in [4.69, 9.17) is 11.6 Å². The largest absolute Gasteiger partial charge is 0.416 e.